The molecule has 94 valence electrons. The quantitative estimate of drug-likeness (QED) is 0.898. The second kappa shape index (κ2) is 5.65. The molecule has 0 fully saturated rings. The lowest BCUT2D eigenvalue weighted by Gasteiger charge is -2.24. The first-order chi connectivity index (χ1) is 7.86. The van der Waals surface area contributed by atoms with Crippen molar-refractivity contribution in [1.82, 2.24) is 5.32 Å². The molecule has 0 saturated carbocycles. The van der Waals surface area contributed by atoms with Crippen LogP contribution in [0.5, 0.6) is 0 Å². The molecule has 0 aliphatic heterocycles. The summed E-state index contributed by atoms with van der Waals surface area (Å²) >= 11 is 3.41. The largest absolute Gasteiger partial charge is 0.348 e. The van der Waals surface area contributed by atoms with Gasteiger partial charge in [-0.2, -0.15) is 0 Å². The fourth-order valence-electron chi connectivity index (χ4n) is 1.38. The van der Waals surface area contributed by atoms with Gasteiger partial charge in [-0.05, 0) is 38.0 Å². The van der Waals surface area contributed by atoms with E-state index in [4.69, 9.17) is 5.73 Å². The van der Waals surface area contributed by atoms with Gasteiger partial charge >= 0.3 is 0 Å². The van der Waals surface area contributed by atoms with Gasteiger partial charge < -0.3 is 11.1 Å². The van der Waals surface area contributed by atoms with Crippen LogP contribution in [0.1, 0.15) is 38.8 Å². The lowest BCUT2D eigenvalue weighted by atomic mass is 9.98. The first kappa shape index (κ1) is 14.2. The fourth-order valence-corrected chi connectivity index (χ4v) is 1.80. The Labute approximate surface area is 111 Å². The zero-order valence-corrected chi connectivity index (χ0v) is 12.0. The van der Waals surface area contributed by atoms with E-state index in [1.165, 1.54) is 0 Å². The molecule has 0 aliphatic carbocycles. The Kier molecular flexibility index (Phi) is 4.71. The van der Waals surface area contributed by atoms with E-state index in [0.29, 0.717) is 6.42 Å². The number of benzene rings is 1. The number of nitrogens with one attached hydrogen (secondary N) is 1. The van der Waals surface area contributed by atoms with Crippen LogP contribution in [-0.4, -0.2) is 11.4 Å². The van der Waals surface area contributed by atoms with Gasteiger partial charge in [-0.15, -0.1) is 0 Å². The van der Waals surface area contributed by atoms with Crippen molar-refractivity contribution in [1.29, 1.82) is 0 Å². The molecular formula is C13H19BrN2O. The summed E-state index contributed by atoms with van der Waals surface area (Å²) in [5.74, 6) is -0.118. The van der Waals surface area contributed by atoms with E-state index in [1.807, 2.05) is 38.1 Å². The minimum Gasteiger partial charge on any atom is -0.348 e. The lowest BCUT2D eigenvalue weighted by Crippen LogP contribution is -2.51. The molecule has 4 heteroatoms. The van der Waals surface area contributed by atoms with Gasteiger partial charge in [0.25, 0.3) is 0 Å². The van der Waals surface area contributed by atoms with Gasteiger partial charge in [0.2, 0.25) is 5.91 Å². The van der Waals surface area contributed by atoms with Crippen molar-refractivity contribution in [2.24, 2.45) is 5.73 Å². The Morgan fingerprint density at radius 1 is 1.59 bits per heavy atom. The number of amides is 1. The van der Waals surface area contributed by atoms with E-state index in [0.717, 1.165) is 10.0 Å². The summed E-state index contributed by atoms with van der Waals surface area (Å²) in [6.45, 7) is 5.60. The molecule has 3 N–H and O–H groups in total. The highest BCUT2D eigenvalue weighted by atomic mass is 79.9. The summed E-state index contributed by atoms with van der Waals surface area (Å²) in [6.07, 6.45) is 0.615. The van der Waals surface area contributed by atoms with Gasteiger partial charge in [-0.3, -0.25) is 4.79 Å². The monoisotopic (exact) mass is 298 g/mol. The van der Waals surface area contributed by atoms with E-state index in [1.54, 1.807) is 6.92 Å². The molecule has 0 bridgehead atoms. The summed E-state index contributed by atoms with van der Waals surface area (Å²) in [5, 5.41) is 2.93. The van der Waals surface area contributed by atoms with E-state index in [-0.39, 0.29) is 11.9 Å². The van der Waals surface area contributed by atoms with Crippen LogP contribution < -0.4 is 11.1 Å². The number of rotatable bonds is 4. The summed E-state index contributed by atoms with van der Waals surface area (Å²) in [5.41, 5.74) is 6.14. The highest BCUT2D eigenvalue weighted by Gasteiger charge is 2.27. The van der Waals surface area contributed by atoms with E-state index >= 15 is 0 Å². The molecule has 0 heterocycles. The molecule has 0 aliphatic rings. The second-order valence-electron chi connectivity index (χ2n) is 4.52. The Hall–Kier alpha value is -0.870. The average Bonchev–Trinajstić information content (AvgIpc) is 2.28. The van der Waals surface area contributed by atoms with E-state index in [2.05, 4.69) is 21.2 Å². The maximum Gasteiger partial charge on any atom is 0.240 e. The average molecular weight is 299 g/mol. The first-order valence-electron chi connectivity index (χ1n) is 5.72. The molecule has 0 spiro atoms. The third kappa shape index (κ3) is 3.82. The van der Waals surface area contributed by atoms with Crippen molar-refractivity contribution < 1.29 is 4.79 Å². The van der Waals surface area contributed by atoms with Gasteiger partial charge in [0, 0.05) is 4.47 Å². The Bertz CT molecular complexity index is 404. The smallest absolute Gasteiger partial charge is 0.240 e. The molecule has 1 rings (SSSR count). The normalized spacial score (nSPS) is 16.1. The molecule has 17 heavy (non-hydrogen) atoms. The lowest BCUT2D eigenvalue weighted by molar-refractivity contribution is -0.126. The van der Waals surface area contributed by atoms with Gasteiger partial charge in [0.15, 0.2) is 0 Å². The minimum atomic E-state index is -0.805. The van der Waals surface area contributed by atoms with Crippen LogP contribution in [0.25, 0.3) is 0 Å². The SMILES string of the molecule is CCC(C)(N)C(=O)N[C@@H](C)c1cccc(Br)c1. The van der Waals surface area contributed by atoms with E-state index < -0.39 is 5.54 Å². The fraction of sp³-hybridized carbons (Fsp3) is 0.462. The number of halogens is 1. The van der Waals surface area contributed by atoms with Gasteiger partial charge in [0.05, 0.1) is 11.6 Å². The predicted molar refractivity (Wildman–Crippen MR) is 73.6 cm³/mol. The molecule has 1 aromatic carbocycles. The van der Waals surface area contributed by atoms with E-state index in [9.17, 15) is 4.79 Å². The van der Waals surface area contributed by atoms with Crippen LogP contribution in [0.15, 0.2) is 28.7 Å². The van der Waals surface area contributed by atoms with Crippen molar-refractivity contribution in [2.45, 2.75) is 38.8 Å². The van der Waals surface area contributed by atoms with Gasteiger partial charge in [-0.25, -0.2) is 0 Å². The third-order valence-corrected chi connectivity index (χ3v) is 3.44. The molecule has 0 saturated heterocycles. The summed E-state index contributed by atoms with van der Waals surface area (Å²) in [7, 11) is 0. The van der Waals surface area contributed by atoms with Crippen LogP contribution in [0.3, 0.4) is 0 Å². The molecule has 0 radical (unpaired) electrons. The summed E-state index contributed by atoms with van der Waals surface area (Å²) < 4.78 is 1.00. The predicted octanol–water partition coefficient (Wildman–Crippen LogP) is 2.75. The zero-order valence-electron chi connectivity index (χ0n) is 10.5. The van der Waals surface area contributed by atoms with Gasteiger partial charge in [0.1, 0.15) is 0 Å². The number of carbonyl (C=O) groups excluding carboxylic acids is 1. The number of nitrogens with two attached hydrogens (primary N) is 1. The summed E-state index contributed by atoms with van der Waals surface area (Å²) in [6, 6.07) is 7.83. The van der Waals surface area contributed by atoms with Crippen LogP contribution in [0, 0.1) is 0 Å². The van der Waals surface area contributed by atoms with Crippen molar-refractivity contribution in [3.8, 4) is 0 Å². The number of carbonyl (C=O) groups is 1. The van der Waals surface area contributed by atoms with Crippen molar-refractivity contribution in [3.63, 3.8) is 0 Å². The molecule has 1 unspecified atom stereocenters. The molecular weight excluding hydrogens is 280 g/mol. The number of hydrogen-bond donors (Lipinski definition) is 2. The van der Waals surface area contributed by atoms with Crippen molar-refractivity contribution in [2.75, 3.05) is 0 Å². The van der Waals surface area contributed by atoms with Gasteiger partial charge in [-0.1, -0.05) is 35.0 Å². The standard InChI is InChI=1S/C13H19BrN2O/c1-4-13(3,15)12(17)16-9(2)10-6-5-7-11(14)8-10/h5-9H,4,15H2,1-3H3,(H,16,17)/t9-,13?/m0/s1. The molecule has 0 aromatic heterocycles. The van der Waals surface area contributed by atoms with Crippen LogP contribution in [-0.2, 0) is 4.79 Å². The molecule has 2 atom stereocenters. The third-order valence-electron chi connectivity index (χ3n) is 2.95. The molecule has 3 nitrogen and oxygen atoms in total. The second-order valence-corrected chi connectivity index (χ2v) is 5.44. The summed E-state index contributed by atoms with van der Waals surface area (Å²) in [4.78, 5) is 11.9. The molecule has 1 aromatic rings. The zero-order chi connectivity index (χ0) is 13.1. The topological polar surface area (TPSA) is 55.1 Å². The molecule has 1 amide bonds. The number of hydrogen-bond acceptors (Lipinski definition) is 2. The highest BCUT2D eigenvalue weighted by Crippen LogP contribution is 2.18. The minimum absolute atomic E-state index is 0.0468. The van der Waals surface area contributed by atoms with Crippen molar-refractivity contribution in [3.05, 3.63) is 34.3 Å². The van der Waals surface area contributed by atoms with Crippen LogP contribution >= 0.6 is 15.9 Å². The van der Waals surface area contributed by atoms with Crippen LogP contribution in [0.2, 0.25) is 0 Å². The first-order valence-corrected chi connectivity index (χ1v) is 6.51. The highest BCUT2D eigenvalue weighted by molar-refractivity contribution is 9.10. The Morgan fingerprint density at radius 3 is 2.76 bits per heavy atom. The van der Waals surface area contributed by atoms with Crippen LogP contribution in [0.4, 0.5) is 0 Å². The Morgan fingerprint density at radius 2 is 2.24 bits per heavy atom. The Balaban J connectivity index is 2.73. The maximum atomic E-state index is 11.9. The maximum absolute atomic E-state index is 11.9. The van der Waals surface area contributed by atoms with Crippen molar-refractivity contribution >= 4 is 21.8 Å².